The normalized spacial score (nSPS) is 10.1. The quantitative estimate of drug-likeness (QED) is 0.640. The lowest BCUT2D eigenvalue weighted by Gasteiger charge is -2.06. The van der Waals surface area contributed by atoms with E-state index in [-0.39, 0.29) is 10.5 Å². The van der Waals surface area contributed by atoms with Gasteiger partial charge in [0.2, 0.25) is 0 Å². The Morgan fingerprint density at radius 1 is 1.35 bits per heavy atom. The van der Waals surface area contributed by atoms with Crippen LogP contribution in [0.15, 0.2) is 40.0 Å². The van der Waals surface area contributed by atoms with Crippen LogP contribution in [0.3, 0.4) is 0 Å². The fraction of sp³-hybridized carbons (Fsp3) is 0.0909. The molecular weight excluding hydrogens is 236 g/mol. The molecule has 0 amide bonds. The molecule has 2 aromatic rings. The van der Waals surface area contributed by atoms with E-state index in [1.54, 1.807) is 7.05 Å². The van der Waals surface area contributed by atoms with Crippen molar-refractivity contribution in [1.29, 1.82) is 5.26 Å². The molecule has 0 aliphatic carbocycles. The number of benzene rings is 1. The molecule has 0 spiro atoms. The number of aromatic nitrogens is 2. The summed E-state index contributed by atoms with van der Waals surface area (Å²) in [6.07, 6.45) is 0. The first kappa shape index (κ1) is 11.4. The molecule has 17 heavy (non-hydrogen) atoms. The molecule has 1 heterocycles. The minimum Gasteiger partial charge on any atom is -0.383 e. The Labute approximate surface area is 102 Å². The Hall–Kier alpha value is -2.13. The van der Waals surface area contributed by atoms with Gasteiger partial charge in [0.05, 0.1) is 5.69 Å². The third-order valence-electron chi connectivity index (χ3n) is 2.42. The van der Waals surface area contributed by atoms with Gasteiger partial charge >= 0.3 is 0 Å². The second kappa shape index (κ2) is 4.39. The molecule has 2 rings (SSSR count). The zero-order valence-corrected chi connectivity index (χ0v) is 9.94. The zero-order chi connectivity index (χ0) is 12.4. The van der Waals surface area contributed by atoms with Crippen molar-refractivity contribution in [2.24, 2.45) is 7.05 Å². The smallest absolute Gasteiger partial charge is 0.288 e. The van der Waals surface area contributed by atoms with Crippen LogP contribution in [-0.2, 0) is 7.05 Å². The molecule has 0 unspecified atom stereocenters. The molecule has 0 aliphatic heterocycles. The van der Waals surface area contributed by atoms with Gasteiger partial charge in [-0.3, -0.25) is 9.48 Å². The van der Waals surface area contributed by atoms with Crippen LogP contribution in [0.4, 0.5) is 5.82 Å². The fourth-order valence-electron chi connectivity index (χ4n) is 1.60. The molecule has 6 heteroatoms. The standard InChI is InChI=1S/C11H10N4OS/c1-14-10(13)9(17-7-12)11(16)15(14)8-5-3-2-4-6-8/h2-6H,13H2,1H3. The van der Waals surface area contributed by atoms with Gasteiger partial charge in [-0.25, -0.2) is 4.68 Å². The molecular formula is C11H10N4OS. The zero-order valence-electron chi connectivity index (χ0n) is 9.12. The van der Waals surface area contributed by atoms with E-state index in [0.717, 1.165) is 17.4 Å². The first-order valence-corrected chi connectivity index (χ1v) is 5.67. The predicted octanol–water partition coefficient (Wildman–Crippen LogP) is 1.33. The second-order valence-electron chi connectivity index (χ2n) is 3.38. The summed E-state index contributed by atoms with van der Waals surface area (Å²) in [6, 6.07) is 9.15. The van der Waals surface area contributed by atoms with Gasteiger partial charge in [-0.2, -0.15) is 5.26 Å². The number of hydrogen-bond donors (Lipinski definition) is 1. The first-order chi connectivity index (χ1) is 8.16. The molecule has 0 aliphatic rings. The van der Waals surface area contributed by atoms with E-state index in [1.165, 1.54) is 9.36 Å². The van der Waals surface area contributed by atoms with Gasteiger partial charge in [0, 0.05) is 7.05 Å². The highest BCUT2D eigenvalue weighted by Gasteiger charge is 2.16. The summed E-state index contributed by atoms with van der Waals surface area (Å²) >= 11 is 0.785. The van der Waals surface area contributed by atoms with E-state index in [4.69, 9.17) is 11.0 Å². The second-order valence-corrected chi connectivity index (χ2v) is 4.18. The van der Waals surface area contributed by atoms with Crippen LogP contribution in [0.2, 0.25) is 0 Å². The van der Waals surface area contributed by atoms with Gasteiger partial charge in [-0.15, -0.1) is 0 Å². The molecule has 0 bridgehead atoms. The van der Waals surface area contributed by atoms with Crippen molar-refractivity contribution >= 4 is 17.6 Å². The largest absolute Gasteiger partial charge is 0.383 e. The van der Waals surface area contributed by atoms with Crippen LogP contribution in [0.25, 0.3) is 5.69 Å². The number of nitrogens with zero attached hydrogens (tertiary/aromatic N) is 3. The molecule has 0 fully saturated rings. The summed E-state index contributed by atoms with van der Waals surface area (Å²) in [7, 11) is 1.69. The van der Waals surface area contributed by atoms with Gasteiger partial charge < -0.3 is 5.73 Å². The maximum absolute atomic E-state index is 12.1. The summed E-state index contributed by atoms with van der Waals surface area (Å²) in [6.45, 7) is 0. The predicted molar refractivity (Wildman–Crippen MR) is 66.9 cm³/mol. The number of nitrogens with two attached hydrogens (primary N) is 1. The SMILES string of the molecule is Cn1c(N)c(SC#N)c(=O)n1-c1ccccc1. The van der Waals surface area contributed by atoms with Crippen LogP contribution in [-0.4, -0.2) is 9.36 Å². The monoisotopic (exact) mass is 246 g/mol. The van der Waals surface area contributed by atoms with E-state index in [2.05, 4.69) is 0 Å². The van der Waals surface area contributed by atoms with E-state index in [0.29, 0.717) is 5.82 Å². The molecule has 0 atom stereocenters. The number of para-hydroxylation sites is 1. The summed E-state index contributed by atoms with van der Waals surface area (Å²) in [5, 5.41) is 10.5. The van der Waals surface area contributed by atoms with Gasteiger partial charge in [0.25, 0.3) is 5.56 Å². The van der Waals surface area contributed by atoms with Crippen molar-refractivity contribution in [3.63, 3.8) is 0 Å². The highest BCUT2D eigenvalue weighted by molar-refractivity contribution is 8.03. The fourth-order valence-corrected chi connectivity index (χ4v) is 2.10. The molecule has 1 aromatic heterocycles. The van der Waals surface area contributed by atoms with Crippen molar-refractivity contribution in [1.82, 2.24) is 9.36 Å². The molecule has 86 valence electrons. The van der Waals surface area contributed by atoms with Gasteiger partial charge in [-0.05, 0) is 23.9 Å². The lowest BCUT2D eigenvalue weighted by molar-refractivity contribution is 0.654. The van der Waals surface area contributed by atoms with Gasteiger partial charge in [0.1, 0.15) is 16.1 Å². The van der Waals surface area contributed by atoms with Crippen LogP contribution in [0.1, 0.15) is 0 Å². The van der Waals surface area contributed by atoms with Crippen molar-refractivity contribution in [3.8, 4) is 11.1 Å². The number of nitriles is 1. The highest BCUT2D eigenvalue weighted by atomic mass is 32.2. The van der Waals surface area contributed by atoms with E-state index >= 15 is 0 Å². The Bertz CT molecular complexity index is 636. The van der Waals surface area contributed by atoms with E-state index in [9.17, 15) is 4.79 Å². The van der Waals surface area contributed by atoms with E-state index < -0.39 is 0 Å². The number of rotatable bonds is 2. The minimum atomic E-state index is -0.275. The number of nitrogen functional groups attached to an aromatic ring is 1. The van der Waals surface area contributed by atoms with Crippen LogP contribution in [0.5, 0.6) is 0 Å². The number of thiocyanates is 1. The molecule has 5 nitrogen and oxygen atoms in total. The third kappa shape index (κ3) is 1.81. The van der Waals surface area contributed by atoms with Crippen molar-refractivity contribution in [3.05, 3.63) is 40.7 Å². The average molecular weight is 246 g/mol. The number of thioether (sulfide) groups is 1. The summed E-state index contributed by atoms with van der Waals surface area (Å²) < 4.78 is 2.98. The molecule has 0 radical (unpaired) electrons. The Kier molecular flexibility index (Phi) is 2.93. The Morgan fingerprint density at radius 3 is 2.59 bits per heavy atom. The van der Waals surface area contributed by atoms with Crippen molar-refractivity contribution in [2.45, 2.75) is 4.90 Å². The summed E-state index contributed by atoms with van der Waals surface area (Å²) in [5.41, 5.74) is 6.24. The molecule has 2 N–H and O–H groups in total. The number of anilines is 1. The lowest BCUT2D eigenvalue weighted by atomic mass is 10.3. The van der Waals surface area contributed by atoms with Crippen LogP contribution < -0.4 is 11.3 Å². The van der Waals surface area contributed by atoms with Gasteiger partial charge in [0.15, 0.2) is 0 Å². The third-order valence-corrected chi connectivity index (χ3v) is 3.10. The minimum absolute atomic E-state index is 0.263. The summed E-state index contributed by atoms with van der Waals surface area (Å²) in [5.74, 6) is 0.297. The highest BCUT2D eigenvalue weighted by Crippen LogP contribution is 2.21. The molecule has 0 saturated heterocycles. The van der Waals surface area contributed by atoms with Crippen LogP contribution >= 0.6 is 11.8 Å². The maximum atomic E-state index is 12.1. The van der Waals surface area contributed by atoms with Crippen LogP contribution in [0, 0.1) is 10.7 Å². The molecule has 1 aromatic carbocycles. The average Bonchev–Trinajstić information content (AvgIpc) is 2.55. The lowest BCUT2D eigenvalue weighted by Crippen LogP contribution is -2.19. The molecule has 0 saturated carbocycles. The Morgan fingerprint density at radius 2 is 2.00 bits per heavy atom. The topological polar surface area (TPSA) is 76.7 Å². The summed E-state index contributed by atoms with van der Waals surface area (Å²) in [4.78, 5) is 12.4. The Balaban J connectivity index is 2.69. The van der Waals surface area contributed by atoms with E-state index in [1.807, 2.05) is 35.7 Å². The first-order valence-electron chi connectivity index (χ1n) is 4.85. The van der Waals surface area contributed by atoms with Crippen molar-refractivity contribution < 1.29 is 0 Å². The van der Waals surface area contributed by atoms with Crippen molar-refractivity contribution in [2.75, 3.05) is 5.73 Å². The maximum Gasteiger partial charge on any atom is 0.288 e. The van der Waals surface area contributed by atoms with Gasteiger partial charge in [-0.1, -0.05) is 18.2 Å². The number of hydrogen-bond acceptors (Lipinski definition) is 4.